The Morgan fingerprint density at radius 1 is 1.12 bits per heavy atom. The van der Waals surface area contributed by atoms with Crippen LogP contribution in [0.2, 0.25) is 0 Å². The van der Waals surface area contributed by atoms with Gasteiger partial charge in [0.2, 0.25) is 5.91 Å². The maximum atomic E-state index is 12.8. The van der Waals surface area contributed by atoms with E-state index in [0.717, 1.165) is 55.7 Å². The summed E-state index contributed by atoms with van der Waals surface area (Å²) in [6, 6.07) is 11.7. The number of nitrogens with zero attached hydrogens (tertiary/aromatic N) is 4. The van der Waals surface area contributed by atoms with Crippen molar-refractivity contribution < 1.29 is 14.1 Å². The van der Waals surface area contributed by atoms with Crippen molar-refractivity contribution in [2.75, 3.05) is 42.9 Å². The van der Waals surface area contributed by atoms with E-state index in [1.54, 1.807) is 13.0 Å². The zero-order valence-corrected chi connectivity index (χ0v) is 18.0. The van der Waals surface area contributed by atoms with Gasteiger partial charge in [-0.3, -0.25) is 14.5 Å². The van der Waals surface area contributed by atoms with Crippen LogP contribution in [0.4, 0.5) is 11.6 Å². The third-order valence-electron chi connectivity index (χ3n) is 5.82. The molecule has 2 aliphatic rings. The van der Waals surface area contributed by atoms with E-state index in [2.05, 4.69) is 25.6 Å². The second kappa shape index (κ2) is 8.58. The lowest BCUT2D eigenvalue weighted by atomic mass is 10.1. The number of amides is 2. The fraction of sp³-hybridized carbons (Fsp3) is 0.391. The van der Waals surface area contributed by atoms with Crippen LogP contribution in [-0.2, 0) is 4.79 Å². The molecule has 2 N–H and O–H groups in total. The lowest BCUT2D eigenvalue weighted by Crippen LogP contribution is -2.49. The number of benzene rings is 1. The van der Waals surface area contributed by atoms with E-state index < -0.39 is 0 Å². The molecule has 2 fully saturated rings. The Balaban J connectivity index is 1.25. The van der Waals surface area contributed by atoms with E-state index in [1.165, 1.54) is 0 Å². The van der Waals surface area contributed by atoms with Gasteiger partial charge in [0.05, 0.1) is 17.6 Å². The minimum Gasteiger partial charge on any atom is -0.360 e. The number of pyridine rings is 1. The van der Waals surface area contributed by atoms with Crippen molar-refractivity contribution in [3.05, 3.63) is 47.7 Å². The molecule has 1 aliphatic carbocycles. The quantitative estimate of drug-likeness (QED) is 0.613. The van der Waals surface area contributed by atoms with Crippen LogP contribution in [0.25, 0.3) is 10.9 Å². The monoisotopic (exact) mass is 434 g/mol. The molecule has 2 amide bonds. The predicted octanol–water partition coefficient (Wildman–Crippen LogP) is 2.18. The van der Waals surface area contributed by atoms with Crippen molar-refractivity contribution in [3.8, 4) is 0 Å². The third-order valence-corrected chi connectivity index (χ3v) is 5.82. The average molecular weight is 435 g/mol. The van der Waals surface area contributed by atoms with Gasteiger partial charge < -0.3 is 20.1 Å². The molecule has 9 nitrogen and oxygen atoms in total. The van der Waals surface area contributed by atoms with Crippen LogP contribution in [0, 0.1) is 6.92 Å². The van der Waals surface area contributed by atoms with Crippen LogP contribution in [0.1, 0.15) is 29.0 Å². The molecule has 1 saturated carbocycles. The van der Waals surface area contributed by atoms with Gasteiger partial charge >= 0.3 is 0 Å². The summed E-state index contributed by atoms with van der Waals surface area (Å²) in [6.07, 6.45) is 2.10. The summed E-state index contributed by atoms with van der Waals surface area (Å²) in [5.41, 5.74) is 1.48. The van der Waals surface area contributed by atoms with Crippen LogP contribution >= 0.6 is 0 Å². The number of rotatable bonds is 6. The van der Waals surface area contributed by atoms with E-state index in [1.807, 2.05) is 30.3 Å². The number of piperazine rings is 1. The van der Waals surface area contributed by atoms with Gasteiger partial charge in [-0.25, -0.2) is 4.98 Å². The Hall–Kier alpha value is -3.46. The van der Waals surface area contributed by atoms with Crippen molar-refractivity contribution in [2.24, 2.45) is 0 Å². The lowest BCUT2D eigenvalue weighted by Gasteiger charge is -2.35. The highest BCUT2D eigenvalue weighted by atomic mass is 16.5. The molecule has 0 radical (unpaired) electrons. The molecule has 0 spiro atoms. The summed E-state index contributed by atoms with van der Waals surface area (Å²) in [5.74, 6) is 1.73. The first-order chi connectivity index (χ1) is 15.5. The highest BCUT2D eigenvalue weighted by Crippen LogP contribution is 2.26. The molecule has 32 heavy (non-hydrogen) atoms. The van der Waals surface area contributed by atoms with Crippen molar-refractivity contribution in [1.82, 2.24) is 20.4 Å². The molecule has 9 heteroatoms. The Morgan fingerprint density at radius 2 is 1.91 bits per heavy atom. The molecule has 3 aromatic rings. The smallest absolute Gasteiger partial charge is 0.252 e. The highest BCUT2D eigenvalue weighted by Gasteiger charge is 2.26. The molecule has 1 aliphatic heterocycles. The number of aromatic nitrogens is 2. The van der Waals surface area contributed by atoms with Crippen molar-refractivity contribution in [3.63, 3.8) is 0 Å². The number of hydrogen-bond donors (Lipinski definition) is 2. The number of carbonyl (C=O) groups is 2. The average Bonchev–Trinajstić information content (AvgIpc) is 3.52. The van der Waals surface area contributed by atoms with E-state index in [4.69, 9.17) is 9.51 Å². The maximum Gasteiger partial charge on any atom is 0.252 e. The molecule has 0 unspecified atom stereocenters. The van der Waals surface area contributed by atoms with Gasteiger partial charge in [0.1, 0.15) is 11.6 Å². The third kappa shape index (κ3) is 4.57. The van der Waals surface area contributed by atoms with E-state index in [-0.39, 0.29) is 11.8 Å². The van der Waals surface area contributed by atoms with Crippen LogP contribution in [0.5, 0.6) is 0 Å². The first-order valence-corrected chi connectivity index (χ1v) is 11.0. The van der Waals surface area contributed by atoms with Gasteiger partial charge in [-0.1, -0.05) is 23.4 Å². The molecular weight excluding hydrogens is 408 g/mol. The van der Waals surface area contributed by atoms with Crippen LogP contribution < -0.4 is 15.5 Å². The maximum absolute atomic E-state index is 12.8. The summed E-state index contributed by atoms with van der Waals surface area (Å²) in [5, 5.41) is 10.5. The molecule has 0 bridgehead atoms. The number of carbonyl (C=O) groups excluding carboxylic acids is 2. The largest absolute Gasteiger partial charge is 0.360 e. The number of para-hydroxylation sites is 1. The summed E-state index contributed by atoms with van der Waals surface area (Å²) in [7, 11) is 0. The topological polar surface area (TPSA) is 104 Å². The highest BCUT2D eigenvalue weighted by molar-refractivity contribution is 6.07. The molecular formula is C23H26N6O3. The molecule has 1 saturated heterocycles. The molecule has 5 rings (SSSR count). The van der Waals surface area contributed by atoms with E-state index >= 15 is 0 Å². The standard InChI is InChI=1S/C23H26N6O3/c1-15-12-20(27-32-15)26-22(30)14-28-8-10-29(11-9-28)21-13-18(23(31)24-16-6-7-16)17-4-2-3-5-19(17)25-21/h2-5,12-13,16H,6-11,14H2,1H3,(H,24,31)(H,26,27,30). The molecule has 0 atom stereocenters. The second-order valence-corrected chi connectivity index (χ2v) is 8.43. The van der Waals surface area contributed by atoms with Crippen molar-refractivity contribution in [2.45, 2.75) is 25.8 Å². The Morgan fingerprint density at radius 3 is 2.62 bits per heavy atom. The van der Waals surface area contributed by atoms with Gasteiger partial charge in [0.15, 0.2) is 5.82 Å². The molecule has 2 aromatic heterocycles. The lowest BCUT2D eigenvalue weighted by molar-refractivity contribution is -0.117. The van der Waals surface area contributed by atoms with Crippen molar-refractivity contribution >= 4 is 34.4 Å². The summed E-state index contributed by atoms with van der Waals surface area (Å²) in [4.78, 5) is 34.2. The minimum absolute atomic E-state index is 0.0363. The fourth-order valence-corrected chi connectivity index (χ4v) is 3.95. The summed E-state index contributed by atoms with van der Waals surface area (Å²) in [6.45, 7) is 4.98. The normalized spacial score (nSPS) is 16.8. The number of nitrogens with one attached hydrogen (secondary N) is 2. The SMILES string of the molecule is Cc1cc(NC(=O)CN2CCN(c3cc(C(=O)NC4CC4)c4ccccc4n3)CC2)no1. The van der Waals surface area contributed by atoms with Crippen LogP contribution in [0.15, 0.2) is 40.9 Å². The zero-order chi connectivity index (χ0) is 22.1. The summed E-state index contributed by atoms with van der Waals surface area (Å²) >= 11 is 0. The Kier molecular flexibility index (Phi) is 5.48. The predicted molar refractivity (Wildman–Crippen MR) is 121 cm³/mol. The minimum atomic E-state index is -0.116. The molecule has 3 heterocycles. The molecule has 166 valence electrons. The number of fused-ring (bicyclic) bond motifs is 1. The number of aryl methyl sites for hydroxylation is 1. The molecule has 1 aromatic carbocycles. The van der Waals surface area contributed by atoms with Gasteiger partial charge in [-0.15, -0.1) is 0 Å². The van der Waals surface area contributed by atoms with Gasteiger partial charge in [0, 0.05) is 43.7 Å². The zero-order valence-electron chi connectivity index (χ0n) is 18.0. The van der Waals surface area contributed by atoms with Gasteiger partial charge in [0.25, 0.3) is 5.91 Å². The van der Waals surface area contributed by atoms with E-state index in [0.29, 0.717) is 29.7 Å². The van der Waals surface area contributed by atoms with Gasteiger partial charge in [-0.2, -0.15) is 0 Å². The van der Waals surface area contributed by atoms with Gasteiger partial charge in [-0.05, 0) is 31.9 Å². The second-order valence-electron chi connectivity index (χ2n) is 8.43. The van der Waals surface area contributed by atoms with E-state index in [9.17, 15) is 9.59 Å². The fourth-order valence-electron chi connectivity index (χ4n) is 3.95. The van der Waals surface area contributed by atoms with Crippen LogP contribution in [0.3, 0.4) is 0 Å². The first kappa shape index (κ1) is 20.4. The summed E-state index contributed by atoms with van der Waals surface area (Å²) < 4.78 is 4.98. The van der Waals surface area contributed by atoms with Crippen LogP contribution in [-0.4, -0.2) is 65.6 Å². The van der Waals surface area contributed by atoms with Crippen molar-refractivity contribution in [1.29, 1.82) is 0 Å². The first-order valence-electron chi connectivity index (χ1n) is 11.0. The number of anilines is 2. The Bertz CT molecular complexity index is 1150. The Labute approximate surface area is 185 Å². The number of hydrogen-bond acceptors (Lipinski definition) is 7.